The van der Waals surface area contributed by atoms with Gasteiger partial charge in [0, 0.05) is 45.8 Å². The van der Waals surface area contributed by atoms with Gasteiger partial charge in [-0.05, 0) is 24.7 Å². The van der Waals surface area contributed by atoms with Crippen molar-refractivity contribution in [3.63, 3.8) is 0 Å². The Morgan fingerprint density at radius 3 is 2.36 bits per heavy atom. The third kappa shape index (κ3) is 3.48. The van der Waals surface area contributed by atoms with E-state index in [1.807, 2.05) is 0 Å². The van der Waals surface area contributed by atoms with Crippen LogP contribution in [0.1, 0.15) is 17.3 Å². The molecule has 1 aliphatic rings. The van der Waals surface area contributed by atoms with Gasteiger partial charge in [-0.3, -0.25) is 4.79 Å². The maximum Gasteiger partial charge on any atom is 0.253 e. The zero-order chi connectivity index (χ0) is 16.3. The van der Waals surface area contributed by atoms with E-state index in [9.17, 15) is 13.2 Å². The molecule has 0 aliphatic carbocycles. The lowest BCUT2D eigenvalue weighted by molar-refractivity contribution is 0.0827. The van der Waals surface area contributed by atoms with Crippen LogP contribution in [0.4, 0.5) is 0 Å². The number of nitrogens with zero attached hydrogens (tertiary/aromatic N) is 3. The van der Waals surface area contributed by atoms with Crippen molar-refractivity contribution in [1.82, 2.24) is 14.1 Å². The first-order chi connectivity index (χ1) is 10.4. The molecule has 0 atom stereocenters. The summed E-state index contributed by atoms with van der Waals surface area (Å²) in [7, 11) is -0.247. The maximum atomic E-state index is 12.7. The summed E-state index contributed by atoms with van der Waals surface area (Å²) in [6, 6.07) is 6.26. The second-order valence-electron chi connectivity index (χ2n) is 5.57. The molecule has 1 saturated heterocycles. The number of carbonyl (C=O) groups is 1. The summed E-state index contributed by atoms with van der Waals surface area (Å²) >= 11 is 0. The molecule has 0 unspecified atom stereocenters. The molecule has 0 spiro atoms. The lowest BCUT2D eigenvalue weighted by Gasteiger charge is -2.33. The van der Waals surface area contributed by atoms with E-state index in [-0.39, 0.29) is 10.8 Å². The number of sulfonamides is 1. The minimum absolute atomic E-state index is 0.185. The number of carbonyl (C=O) groups excluding carboxylic acids is 1. The van der Waals surface area contributed by atoms with Gasteiger partial charge in [0.05, 0.1) is 4.90 Å². The summed E-state index contributed by atoms with van der Waals surface area (Å²) in [5.41, 5.74) is 0.387. The summed E-state index contributed by atoms with van der Waals surface area (Å²) in [4.78, 5) is 15.8. The van der Waals surface area contributed by atoms with Crippen LogP contribution in [0.5, 0.6) is 0 Å². The van der Waals surface area contributed by atoms with Gasteiger partial charge in [0.2, 0.25) is 10.0 Å². The summed E-state index contributed by atoms with van der Waals surface area (Å²) in [6.45, 7) is 5.46. The summed E-state index contributed by atoms with van der Waals surface area (Å²) in [5.74, 6) is -0.201. The number of hydrogen-bond donors (Lipinski definition) is 0. The highest BCUT2D eigenvalue weighted by Crippen LogP contribution is 2.19. The van der Waals surface area contributed by atoms with Crippen molar-refractivity contribution in [2.24, 2.45) is 0 Å². The van der Waals surface area contributed by atoms with Crippen LogP contribution in [0, 0.1) is 0 Å². The fourth-order valence-electron chi connectivity index (χ4n) is 2.48. The van der Waals surface area contributed by atoms with Crippen molar-refractivity contribution in [2.45, 2.75) is 11.8 Å². The predicted molar refractivity (Wildman–Crippen MR) is 85.3 cm³/mol. The van der Waals surface area contributed by atoms with Gasteiger partial charge in [0.25, 0.3) is 5.91 Å². The third-order valence-corrected chi connectivity index (χ3v) is 5.80. The first kappa shape index (κ1) is 16.9. The third-order valence-electron chi connectivity index (χ3n) is 3.90. The zero-order valence-corrected chi connectivity index (χ0v) is 14.1. The summed E-state index contributed by atoms with van der Waals surface area (Å²) in [6.07, 6.45) is 0. The van der Waals surface area contributed by atoms with Crippen LogP contribution in [0.2, 0.25) is 0 Å². The molecule has 0 radical (unpaired) electrons. The van der Waals surface area contributed by atoms with Gasteiger partial charge in [0.15, 0.2) is 0 Å². The average Bonchev–Trinajstić information content (AvgIpc) is 2.54. The number of likely N-dealkylation sites (N-methyl/N-ethyl adjacent to an activating group) is 1. The predicted octanol–water partition coefficient (Wildman–Crippen LogP) is 0.715. The Labute approximate surface area is 132 Å². The highest BCUT2D eigenvalue weighted by molar-refractivity contribution is 7.89. The van der Waals surface area contributed by atoms with Crippen molar-refractivity contribution in [3.8, 4) is 0 Å². The topological polar surface area (TPSA) is 60.9 Å². The van der Waals surface area contributed by atoms with E-state index in [0.717, 1.165) is 19.6 Å². The van der Waals surface area contributed by atoms with E-state index >= 15 is 0 Å². The molecule has 7 heteroatoms. The Hall–Kier alpha value is -1.44. The molecule has 6 nitrogen and oxygen atoms in total. The molecule has 122 valence electrons. The van der Waals surface area contributed by atoms with Crippen LogP contribution in [0.25, 0.3) is 0 Å². The Morgan fingerprint density at radius 2 is 1.82 bits per heavy atom. The van der Waals surface area contributed by atoms with Crippen LogP contribution in [-0.4, -0.2) is 75.2 Å². The monoisotopic (exact) mass is 325 g/mol. The van der Waals surface area contributed by atoms with Gasteiger partial charge in [0.1, 0.15) is 0 Å². The molecule has 22 heavy (non-hydrogen) atoms. The normalized spacial score (nSPS) is 17.4. The lowest BCUT2D eigenvalue weighted by atomic mass is 10.2. The molecular weight excluding hydrogens is 302 g/mol. The van der Waals surface area contributed by atoms with Crippen molar-refractivity contribution in [1.29, 1.82) is 0 Å². The van der Waals surface area contributed by atoms with E-state index in [4.69, 9.17) is 0 Å². The maximum absolute atomic E-state index is 12.7. The van der Waals surface area contributed by atoms with Crippen LogP contribution in [0.3, 0.4) is 0 Å². The molecule has 0 aromatic heterocycles. The van der Waals surface area contributed by atoms with Crippen LogP contribution in [-0.2, 0) is 10.0 Å². The molecule has 2 rings (SSSR count). The Morgan fingerprint density at radius 1 is 1.18 bits per heavy atom. The van der Waals surface area contributed by atoms with Gasteiger partial charge in [-0.15, -0.1) is 0 Å². The molecule has 1 aromatic carbocycles. The van der Waals surface area contributed by atoms with Crippen LogP contribution < -0.4 is 0 Å². The lowest BCUT2D eigenvalue weighted by Crippen LogP contribution is -2.48. The Kier molecular flexibility index (Phi) is 5.20. The minimum Gasteiger partial charge on any atom is -0.345 e. The molecule has 1 aliphatic heterocycles. The van der Waals surface area contributed by atoms with E-state index in [1.165, 1.54) is 15.3 Å². The number of piperazine rings is 1. The average molecular weight is 325 g/mol. The zero-order valence-electron chi connectivity index (χ0n) is 13.3. The van der Waals surface area contributed by atoms with Gasteiger partial charge < -0.3 is 9.80 Å². The highest BCUT2D eigenvalue weighted by Gasteiger charge is 2.28. The number of benzene rings is 1. The first-order valence-corrected chi connectivity index (χ1v) is 8.84. The quantitative estimate of drug-likeness (QED) is 0.818. The highest BCUT2D eigenvalue weighted by atomic mass is 32.2. The first-order valence-electron chi connectivity index (χ1n) is 7.40. The van der Waals surface area contributed by atoms with E-state index in [0.29, 0.717) is 18.7 Å². The number of hydrogen-bond acceptors (Lipinski definition) is 4. The van der Waals surface area contributed by atoms with Crippen LogP contribution in [0.15, 0.2) is 29.2 Å². The Balaban J connectivity index is 2.23. The fraction of sp³-hybridized carbons (Fsp3) is 0.533. The largest absolute Gasteiger partial charge is 0.345 e. The molecule has 1 heterocycles. The standard InChI is InChI=1S/C15H23N3O3S/c1-4-17-8-10-18(11-9-17)22(20,21)14-7-5-6-13(12-14)15(19)16(2)3/h5-7,12H,4,8-11H2,1-3H3. The van der Waals surface area contributed by atoms with Gasteiger partial charge in [-0.1, -0.05) is 13.0 Å². The minimum atomic E-state index is -3.54. The smallest absolute Gasteiger partial charge is 0.253 e. The van der Waals surface area contributed by atoms with Crippen molar-refractivity contribution < 1.29 is 13.2 Å². The van der Waals surface area contributed by atoms with E-state index in [2.05, 4.69) is 11.8 Å². The molecule has 0 N–H and O–H groups in total. The molecule has 1 fully saturated rings. The molecule has 1 aromatic rings. The second-order valence-corrected chi connectivity index (χ2v) is 7.50. The molecule has 1 amide bonds. The van der Waals surface area contributed by atoms with Gasteiger partial charge in [-0.25, -0.2) is 8.42 Å². The van der Waals surface area contributed by atoms with E-state index in [1.54, 1.807) is 32.3 Å². The van der Waals surface area contributed by atoms with Crippen molar-refractivity contribution >= 4 is 15.9 Å². The van der Waals surface area contributed by atoms with E-state index < -0.39 is 10.0 Å². The molecular formula is C15H23N3O3S. The SMILES string of the molecule is CCN1CCN(S(=O)(=O)c2cccc(C(=O)N(C)C)c2)CC1. The molecule has 0 saturated carbocycles. The van der Waals surface area contributed by atoms with Crippen molar-refractivity contribution in [2.75, 3.05) is 46.8 Å². The number of amides is 1. The Bertz CT molecular complexity index is 635. The summed E-state index contributed by atoms with van der Waals surface area (Å²) < 4.78 is 26.9. The summed E-state index contributed by atoms with van der Waals surface area (Å²) in [5, 5.41) is 0. The fourth-order valence-corrected chi connectivity index (χ4v) is 3.95. The molecule has 0 bridgehead atoms. The van der Waals surface area contributed by atoms with Crippen molar-refractivity contribution in [3.05, 3.63) is 29.8 Å². The second kappa shape index (κ2) is 6.76. The van der Waals surface area contributed by atoms with Gasteiger partial charge in [-0.2, -0.15) is 4.31 Å². The number of rotatable bonds is 4. The van der Waals surface area contributed by atoms with Gasteiger partial charge >= 0.3 is 0 Å². The van der Waals surface area contributed by atoms with Crippen LogP contribution >= 0.6 is 0 Å².